The van der Waals surface area contributed by atoms with Crippen molar-refractivity contribution in [2.45, 2.75) is 45.8 Å². The van der Waals surface area contributed by atoms with Crippen molar-refractivity contribution in [3.8, 4) is 0 Å². The van der Waals surface area contributed by atoms with Crippen molar-refractivity contribution in [2.24, 2.45) is 5.73 Å². The first-order valence-corrected chi connectivity index (χ1v) is 12.0. The number of carbonyl (C=O) groups is 3. The highest BCUT2D eigenvalue weighted by Crippen LogP contribution is 2.29. The molecule has 1 atom stereocenters. The van der Waals surface area contributed by atoms with Crippen molar-refractivity contribution >= 4 is 34.4 Å². The number of anilines is 1. The van der Waals surface area contributed by atoms with E-state index in [-0.39, 0.29) is 17.7 Å². The van der Waals surface area contributed by atoms with E-state index in [4.69, 9.17) is 15.5 Å². The number of para-hydroxylation sites is 2. The SMILES string of the molecule is CCCN1CCc2nc3ccccc3c(C(=O)OC(CC)C(=O)Nc3ccccc3C(N)=O)c2C1. The summed E-state index contributed by atoms with van der Waals surface area (Å²) in [6, 6.07) is 14.0. The second-order valence-corrected chi connectivity index (χ2v) is 8.66. The summed E-state index contributed by atoms with van der Waals surface area (Å²) in [6.45, 7) is 6.32. The van der Waals surface area contributed by atoms with Gasteiger partial charge in [0.1, 0.15) is 0 Å². The summed E-state index contributed by atoms with van der Waals surface area (Å²) in [5, 5.41) is 3.40. The number of nitrogens with zero attached hydrogens (tertiary/aromatic N) is 2. The Balaban J connectivity index is 1.64. The van der Waals surface area contributed by atoms with Gasteiger partial charge in [0.05, 0.1) is 22.3 Å². The van der Waals surface area contributed by atoms with Gasteiger partial charge in [-0.1, -0.05) is 44.2 Å². The normalized spacial score (nSPS) is 14.2. The molecule has 8 heteroatoms. The van der Waals surface area contributed by atoms with E-state index in [9.17, 15) is 14.4 Å². The van der Waals surface area contributed by atoms with Gasteiger partial charge in [-0.25, -0.2) is 4.79 Å². The van der Waals surface area contributed by atoms with E-state index < -0.39 is 23.9 Å². The maximum Gasteiger partial charge on any atom is 0.340 e. The number of hydrogen-bond donors (Lipinski definition) is 2. The van der Waals surface area contributed by atoms with Crippen LogP contribution >= 0.6 is 0 Å². The van der Waals surface area contributed by atoms with Crippen LogP contribution in [-0.2, 0) is 22.5 Å². The number of rotatable bonds is 8. The first-order valence-electron chi connectivity index (χ1n) is 12.0. The van der Waals surface area contributed by atoms with E-state index in [1.54, 1.807) is 25.1 Å². The number of fused-ring (bicyclic) bond motifs is 2. The number of nitrogens with two attached hydrogens (primary N) is 1. The summed E-state index contributed by atoms with van der Waals surface area (Å²) in [4.78, 5) is 45.4. The number of pyridine rings is 1. The number of hydrogen-bond acceptors (Lipinski definition) is 6. The van der Waals surface area contributed by atoms with Gasteiger partial charge in [-0.2, -0.15) is 0 Å². The zero-order chi connectivity index (χ0) is 24.9. The highest BCUT2D eigenvalue weighted by molar-refractivity contribution is 6.07. The van der Waals surface area contributed by atoms with Crippen LogP contribution < -0.4 is 11.1 Å². The number of esters is 1. The summed E-state index contributed by atoms with van der Waals surface area (Å²) < 4.78 is 5.78. The van der Waals surface area contributed by atoms with Crippen LogP contribution in [0.3, 0.4) is 0 Å². The molecule has 0 saturated heterocycles. The van der Waals surface area contributed by atoms with Crippen molar-refractivity contribution in [1.29, 1.82) is 0 Å². The van der Waals surface area contributed by atoms with E-state index in [2.05, 4.69) is 17.1 Å². The fraction of sp³-hybridized carbons (Fsp3) is 0.333. The van der Waals surface area contributed by atoms with Crippen LogP contribution in [0, 0.1) is 0 Å². The van der Waals surface area contributed by atoms with E-state index >= 15 is 0 Å². The number of primary amides is 1. The zero-order valence-corrected chi connectivity index (χ0v) is 20.0. The van der Waals surface area contributed by atoms with E-state index in [0.717, 1.165) is 42.7 Å². The molecule has 1 aromatic heterocycles. The first kappa shape index (κ1) is 24.3. The summed E-state index contributed by atoms with van der Waals surface area (Å²) in [6.07, 6.45) is 0.994. The molecular formula is C27H30N4O4. The summed E-state index contributed by atoms with van der Waals surface area (Å²) in [7, 11) is 0. The van der Waals surface area contributed by atoms with E-state index in [1.165, 1.54) is 6.07 Å². The van der Waals surface area contributed by atoms with Gasteiger partial charge in [0.15, 0.2) is 6.10 Å². The minimum Gasteiger partial charge on any atom is -0.449 e. The molecule has 2 heterocycles. The second-order valence-electron chi connectivity index (χ2n) is 8.66. The van der Waals surface area contributed by atoms with Crippen molar-refractivity contribution < 1.29 is 19.1 Å². The molecular weight excluding hydrogens is 444 g/mol. The van der Waals surface area contributed by atoms with Gasteiger partial charge < -0.3 is 15.8 Å². The molecule has 4 rings (SSSR count). The van der Waals surface area contributed by atoms with Gasteiger partial charge in [0.25, 0.3) is 11.8 Å². The molecule has 1 unspecified atom stereocenters. The Morgan fingerprint density at radius 1 is 1.11 bits per heavy atom. The molecule has 182 valence electrons. The predicted octanol–water partition coefficient (Wildman–Crippen LogP) is 3.68. The topological polar surface area (TPSA) is 115 Å². The molecule has 35 heavy (non-hydrogen) atoms. The number of nitrogens with one attached hydrogen (secondary N) is 1. The highest BCUT2D eigenvalue weighted by Gasteiger charge is 2.29. The Morgan fingerprint density at radius 2 is 1.86 bits per heavy atom. The van der Waals surface area contributed by atoms with Crippen LogP contribution in [0.25, 0.3) is 10.9 Å². The van der Waals surface area contributed by atoms with Gasteiger partial charge in [-0.05, 0) is 37.6 Å². The second kappa shape index (κ2) is 10.7. The lowest BCUT2D eigenvalue weighted by Gasteiger charge is -2.30. The number of ether oxygens (including phenoxy) is 1. The maximum absolute atomic E-state index is 13.6. The molecule has 8 nitrogen and oxygen atoms in total. The summed E-state index contributed by atoms with van der Waals surface area (Å²) >= 11 is 0. The minimum absolute atomic E-state index is 0.187. The summed E-state index contributed by atoms with van der Waals surface area (Å²) in [5.74, 6) is -1.73. The van der Waals surface area contributed by atoms with E-state index in [1.807, 2.05) is 24.3 Å². The fourth-order valence-electron chi connectivity index (χ4n) is 4.52. The molecule has 1 aliphatic heterocycles. The lowest BCUT2D eigenvalue weighted by molar-refractivity contribution is -0.124. The van der Waals surface area contributed by atoms with Crippen LogP contribution in [0.4, 0.5) is 5.69 Å². The Bertz CT molecular complexity index is 1270. The third-order valence-corrected chi connectivity index (χ3v) is 6.23. The van der Waals surface area contributed by atoms with Gasteiger partial charge in [0, 0.05) is 36.2 Å². The largest absolute Gasteiger partial charge is 0.449 e. The molecule has 0 aliphatic carbocycles. The Kier molecular flexibility index (Phi) is 7.41. The van der Waals surface area contributed by atoms with Crippen LogP contribution in [0.2, 0.25) is 0 Å². The molecule has 0 spiro atoms. The van der Waals surface area contributed by atoms with Crippen molar-refractivity contribution in [2.75, 3.05) is 18.4 Å². The Morgan fingerprint density at radius 3 is 2.60 bits per heavy atom. The Hall–Kier alpha value is -3.78. The maximum atomic E-state index is 13.6. The number of benzene rings is 2. The third kappa shape index (κ3) is 5.17. The molecule has 2 amide bonds. The van der Waals surface area contributed by atoms with Crippen LogP contribution in [0.15, 0.2) is 48.5 Å². The molecule has 3 N–H and O–H groups in total. The van der Waals surface area contributed by atoms with Crippen LogP contribution in [0.1, 0.15) is 58.7 Å². The number of aromatic nitrogens is 1. The molecule has 0 saturated carbocycles. The minimum atomic E-state index is -1.04. The molecule has 3 aromatic rings. The fourth-order valence-corrected chi connectivity index (χ4v) is 4.52. The highest BCUT2D eigenvalue weighted by atomic mass is 16.5. The molecule has 0 fully saturated rings. The average molecular weight is 475 g/mol. The molecule has 0 bridgehead atoms. The van der Waals surface area contributed by atoms with Gasteiger partial charge in [-0.15, -0.1) is 0 Å². The standard InChI is InChI=1S/C27H30N4O4/c1-3-14-31-15-13-22-19(16-31)24(17-9-5-7-11-20(17)29-22)27(34)35-23(4-2)26(33)30-21-12-8-6-10-18(21)25(28)32/h5-12,23H,3-4,13-16H2,1-2H3,(H2,28,32)(H,30,33). The lowest BCUT2D eigenvalue weighted by atomic mass is 9.95. The number of carbonyl (C=O) groups excluding carboxylic acids is 3. The molecule has 0 radical (unpaired) electrons. The first-order chi connectivity index (χ1) is 16.9. The van der Waals surface area contributed by atoms with Crippen molar-refractivity contribution in [1.82, 2.24) is 9.88 Å². The summed E-state index contributed by atoms with van der Waals surface area (Å²) in [5.41, 5.74) is 8.85. The quantitative estimate of drug-likeness (QED) is 0.482. The third-order valence-electron chi connectivity index (χ3n) is 6.23. The van der Waals surface area contributed by atoms with Gasteiger partial charge >= 0.3 is 5.97 Å². The zero-order valence-electron chi connectivity index (χ0n) is 20.0. The Labute approximate surface area is 204 Å². The van der Waals surface area contributed by atoms with Crippen molar-refractivity contribution in [3.05, 3.63) is 70.9 Å². The predicted molar refractivity (Wildman–Crippen MR) is 134 cm³/mol. The smallest absolute Gasteiger partial charge is 0.340 e. The average Bonchev–Trinajstić information content (AvgIpc) is 2.86. The van der Waals surface area contributed by atoms with Crippen LogP contribution in [0.5, 0.6) is 0 Å². The van der Waals surface area contributed by atoms with Gasteiger partial charge in [0.2, 0.25) is 0 Å². The molecule has 2 aromatic carbocycles. The monoisotopic (exact) mass is 474 g/mol. The lowest BCUT2D eigenvalue weighted by Crippen LogP contribution is -2.35. The van der Waals surface area contributed by atoms with Crippen molar-refractivity contribution in [3.63, 3.8) is 0 Å². The van der Waals surface area contributed by atoms with Gasteiger partial charge in [-0.3, -0.25) is 19.5 Å². The van der Waals surface area contributed by atoms with E-state index in [0.29, 0.717) is 17.5 Å². The van der Waals surface area contributed by atoms with Crippen LogP contribution in [-0.4, -0.2) is 46.9 Å². The number of amides is 2. The molecule has 1 aliphatic rings.